The normalized spacial score (nSPS) is 10.9. The molecule has 0 radical (unpaired) electrons. The summed E-state index contributed by atoms with van der Waals surface area (Å²) in [7, 11) is -4.05. The highest BCUT2D eigenvalue weighted by molar-refractivity contribution is 7.92. The van der Waals surface area contributed by atoms with E-state index in [-0.39, 0.29) is 22.7 Å². The van der Waals surface area contributed by atoms with Crippen molar-refractivity contribution in [1.29, 1.82) is 0 Å². The van der Waals surface area contributed by atoms with E-state index < -0.39 is 40.1 Å². The van der Waals surface area contributed by atoms with Crippen LogP contribution in [0.15, 0.2) is 90.3 Å². The predicted molar refractivity (Wildman–Crippen MR) is 123 cm³/mol. The average molecular weight is 486 g/mol. The van der Waals surface area contributed by atoms with Crippen LogP contribution in [-0.4, -0.2) is 33.4 Å². The Hall–Kier alpha value is -4.05. The van der Waals surface area contributed by atoms with E-state index in [2.05, 4.69) is 11.9 Å². The lowest BCUT2D eigenvalue weighted by Crippen LogP contribution is -2.31. The number of para-hydroxylation sites is 1. The molecule has 0 aliphatic rings. The van der Waals surface area contributed by atoms with E-state index in [1.807, 2.05) is 0 Å². The SMILES string of the molecule is C=CCN(c1ccccc1)S(=O)(=O)c1cccc(C(=O)OCC(=O)Nc2ccc(F)cc2F)c1. The zero-order chi connectivity index (χ0) is 24.7. The zero-order valence-corrected chi connectivity index (χ0v) is 18.6. The van der Waals surface area contributed by atoms with Gasteiger partial charge in [-0.25, -0.2) is 22.0 Å². The number of rotatable bonds is 9. The summed E-state index contributed by atoms with van der Waals surface area (Å²) in [6.07, 6.45) is 1.44. The molecule has 0 unspecified atom stereocenters. The number of esters is 1. The van der Waals surface area contributed by atoms with Gasteiger partial charge in [-0.2, -0.15) is 0 Å². The third-order valence-corrected chi connectivity index (χ3v) is 6.33. The second-order valence-electron chi connectivity index (χ2n) is 6.94. The van der Waals surface area contributed by atoms with Crippen LogP contribution < -0.4 is 9.62 Å². The van der Waals surface area contributed by atoms with Crippen LogP contribution in [0.4, 0.5) is 20.2 Å². The van der Waals surface area contributed by atoms with Crippen LogP contribution in [0.3, 0.4) is 0 Å². The van der Waals surface area contributed by atoms with Crippen LogP contribution in [0.1, 0.15) is 10.4 Å². The van der Waals surface area contributed by atoms with Gasteiger partial charge in [-0.3, -0.25) is 9.10 Å². The van der Waals surface area contributed by atoms with Gasteiger partial charge in [0.05, 0.1) is 28.4 Å². The van der Waals surface area contributed by atoms with E-state index in [1.54, 1.807) is 30.3 Å². The molecule has 0 aliphatic heterocycles. The number of amides is 1. The summed E-state index contributed by atoms with van der Waals surface area (Å²) in [4.78, 5) is 24.2. The number of halogens is 2. The Kier molecular flexibility index (Phi) is 7.75. The van der Waals surface area contributed by atoms with Crippen molar-refractivity contribution < 1.29 is 31.5 Å². The van der Waals surface area contributed by atoms with Crippen molar-refractivity contribution in [2.24, 2.45) is 0 Å². The van der Waals surface area contributed by atoms with E-state index in [9.17, 15) is 26.8 Å². The third kappa shape index (κ3) is 5.84. The smallest absolute Gasteiger partial charge is 0.338 e. The minimum Gasteiger partial charge on any atom is -0.452 e. The van der Waals surface area contributed by atoms with Gasteiger partial charge < -0.3 is 10.1 Å². The summed E-state index contributed by atoms with van der Waals surface area (Å²) in [5.41, 5.74) is 0.0345. The quantitative estimate of drug-likeness (QED) is 0.363. The Labute approximate surface area is 195 Å². The molecule has 0 fully saturated rings. The Morgan fingerprint density at radius 1 is 1.00 bits per heavy atom. The maximum Gasteiger partial charge on any atom is 0.338 e. The standard InChI is InChI=1S/C24H20F2N2O5S/c1-2-13-28(19-8-4-3-5-9-19)34(31,32)20-10-6-7-17(14-20)24(30)33-16-23(29)27-22-12-11-18(25)15-21(22)26/h2-12,14-15H,1,13,16H2,(H,27,29). The number of carbonyl (C=O) groups is 2. The number of benzene rings is 3. The van der Waals surface area contributed by atoms with Crippen LogP contribution in [0.25, 0.3) is 0 Å². The summed E-state index contributed by atoms with van der Waals surface area (Å²) in [5, 5.41) is 2.16. The summed E-state index contributed by atoms with van der Waals surface area (Å²) >= 11 is 0. The number of sulfonamides is 1. The van der Waals surface area contributed by atoms with Gasteiger partial charge in [-0.05, 0) is 42.5 Å². The molecule has 1 amide bonds. The molecule has 34 heavy (non-hydrogen) atoms. The van der Waals surface area contributed by atoms with Crippen molar-refractivity contribution in [3.8, 4) is 0 Å². The summed E-state index contributed by atoms with van der Waals surface area (Å²) in [5.74, 6) is -3.61. The van der Waals surface area contributed by atoms with E-state index in [0.717, 1.165) is 22.5 Å². The number of anilines is 2. The molecule has 3 aromatic carbocycles. The molecule has 3 rings (SSSR count). The molecule has 1 N–H and O–H groups in total. The molecule has 3 aromatic rings. The molecular formula is C24H20F2N2O5S. The average Bonchev–Trinajstić information content (AvgIpc) is 2.83. The Balaban J connectivity index is 1.73. The molecule has 7 nitrogen and oxygen atoms in total. The number of nitrogens with one attached hydrogen (secondary N) is 1. The lowest BCUT2D eigenvalue weighted by molar-refractivity contribution is -0.119. The molecule has 0 bridgehead atoms. The second kappa shape index (κ2) is 10.7. The molecule has 0 heterocycles. The lowest BCUT2D eigenvalue weighted by atomic mass is 10.2. The van der Waals surface area contributed by atoms with Crippen LogP contribution in [0.5, 0.6) is 0 Å². The van der Waals surface area contributed by atoms with Crippen molar-refractivity contribution in [2.45, 2.75) is 4.90 Å². The van der Waals surface area contributed by atoms with Gasteiger partial charge in [-0.15, -0.1) is 6.58 Å². The highest BCUT2D eigenvalue weighted by atomic mass is 32.2. The highest BCUT2D eigenvalue weighted by Gasteiger charge is 2.25. The third-order valence-electron chi connectivity index (χ3n) is 4.54. The van der Waals surface area contributed by atoms with Crippen molar-refractivity contribution in [3.05, 3.63) is 103 Å². The van der Waals surface area contributed by atoms with Crippen LogP contribution in [0, 0.1) is 11.6 Å². The molecule has 0 spiro atoms. The van der Waals surface area contributed by atoms with Gasteiger partial charge in [0.1, 0.15) is 11.6 Å². The lowest BCUT2D eigenvalue weighted by Gasteiger charge is -2.23. The molecule has 0 saturated heterocycles. The van der Waals surface area contributed by atoms with E-state index in [1.165, 1.54) is 24.3 Å². The maximum atomic E-state index is 13.6. The molecule has 0 saturated carbocycles. The van der Waals surface area contributed by atoms with Gasteiger partial charge in [0.15, 0.2) is 6.61 Å². The molecule has 10 heteroatoms. The van der Waals surface area contributed by atoms with Crippen LogP contribution in [-0.2, 0) is 19.6 Å². The largest absolute Gasteiger partial charge is 0.452 e. The topological polar surface area (TPSA) is 92.8 Å². The van der Waals surface area contributed by atoms with Crippen LogP contribution >= 0.6 is 0 Å². The van der Waals surface area contributed by atoms with Crippen molar-refractivity contribution in [1.82, 2.24) is 0 Å². The van der Waals surface area contributed by atoms with Gasteiger partial charge in [0.2, 0.25) is 0 Å². The molecule has 0 atom stereocenters. The zero-order valence-electron chi connectivity index (χ0n) is 17.8. The van der Waals surface area contributed by atoms with E-state index >= 15 is 0 Å². The van der Waals surface area contributed by atoms with Crippen LogP contribution in [0.2, 0.25) is 0 Å². The number of nitrogens with zero attached hydrogens (tertiary/aromatic N) is 1. The molecule has 176 valence electrons. The van der Waals surface area contributed by atoms with Crippen molar-refractivity contribution in [3.63, 3.8) is 0 Å². The van der Waals surface area contributed by atoms with Gasteiger partial charge in [0.25, 0.3) is 15.9 Å². The first-order valence-corrected chi connectivity index (χ1v) is 11.4. The number of carbonyl (C=O) groups excluding carboxylic acids is 2. The molecule has 0 aliphatic carbocycles. The summed E-state index contributed by atoms with van der Waals surface area (Å²) in [6, 6.07) is 16.1. The monoisotopic (exact) mass is 486 g/mol. The van der Waals surface area contributed by atoms with Crippen molar-refractivity contribution >= 4 is 33.3 Å². The number of hydrogen-bond donors (Lipinski definition) is 1. The van der Waals surface area contributed by atoms with Gasteiger partial charge >= 0.3 is 5.97 Å². The highest BCUT2D eigenvalue weighted by Crippen LogP contribution is 2.24. The molecule has 0 aromatic heterocycles. The van der Waals surface area contributed by atoms with Gasteiger partial charge in [-0.1, -0.05) is 30.3 Å². The maximum absolute atomic E-state index is 13.6. The number of ether oxygens (including phenoxy) is 1. The Morgan fingerprint density at radius 3 is 2.41 bits per heavy atom. The fourth-order valence-electron chi connectivity index (χ4n) is 2.96. The van der Waals surface area contributed by atoms with Crippen molar-refractivity contribution in [2.75, 3.05) is 22.8 Å². The minimum atomic E-state index is -4.05. The first kappa shape index (κ1) is 24.6. The first-order chi connectivity index (χ1) is 16.2. The van der Waals surface area contributed by atoms with Gasteiger partial charge in [0, 0.05) is 6.07 Å². The van der Waals surface area contributed by atoms with E-state index in [4.69, 9.17) is 4.74 Å². The minimum absolute atomic E-state index is 0.00113. The Bertz CT molecular complexity index is 1310. The molecular weight excluding hydrogens is 466 g/mol. The fourth-order valence-corrected chi connectivity index (χ4v) is 4.44. The Morgan fingerprint density at radius 2 is 1.74 bits per heavy atom. The second-order valence-corrected chi connectivity index (χ2v) is 8.80. The summed E-state index contributed by atoms with van der Waals surface area (Å²) in [6.45, 7) is 2.84. The first-order valence-electron chi connectivity index (χ1n) is 9.93. The number of hydrogen-bond acceptors (Lipinski definition) is 5. The fraction of sp³-hybridized carbons (Fsp3) is 0.0833. The predicted octanol–water partition coefficient (Wildman–Crippen LogP) is 4.14. The van der Waals surface area contributed by atoms with E-state index in [0.29, 0.717) is 11.8 Å². The summed E-state index contributed by atoms with van der Waals surface area (Å²) < 4.78 is 59.1.